The summed E-state index contributed by atoms with van der Waals surface area (Å²) >= 11 is 0. The van der Waals surface area contributed by atoms with Gasteiger partial charge < -0.3 is 14.6 Å². The highest BCUT2D eigenvalue weighted by molar-refractivity contribution is 5.43. The maximum atomic E-state index is 14.4. The van der Waals surface area contributed by atoms with Crippen molar-refractivity contribution in [3.05, 3.63) is 47.3 Å². The highest BCUT2D eigenvalue weighted by atomic mass is 19.1. The maximum Gasteiger partial charge on any atom is 0.170 e. The second kappa shape index (κ2) is 6.52. The molecule has 0 fully saturated rings. The van der Waals surface area contributed by atoms with Gasteiger partial charge >= 0.3 is 0 Å². The lowest BCUT2D eigenvalue weighted by Gasteiger charge is -2.19. The van der Waals surface area contributed by atoms with Crippen LogP contribution in [0.15, 0.2) is 29.0 Å². The Morgan fingerprint density at radius 3 is 2.80 bits per heavy atom. The molecule has 0 amide bonds. The van der Waals surface area contributed by atoms with Crippen molar-refractivity contribution in [2.75, 3.05) is 18.5 Å². The van der Waals surface area contributed by atoms with Crippen molar-refractivity contribution in [1.82, 2.24) is 10.3 Å². The van der Waals surface area contributed by atoms with E-state index in [0.717, 1.165) is 17.9 Å². The number of furan rings is 1. The first-order valence-electron chi connectivity index (χ1n) is 6.71. The Bertz CT molecular complexity index is 568. The van der Waals surface area contributed by atoms with Crippen molar-refractivity contribution in [3.8, 4) is 0 Å². The van der Waals surface area contributed by atoms with Crippen molar-refractivity contribution < 1.29 is 8.81 Å². The van der Waals surface area contributed by atoms with Crippen molar-refractivity contribution >= 4 is 5.82 Å². The van der Waals surface area contributed by atoms with Crippen LogP contribution in [-0.4, -0.2) is 18.6 Å². The van der Waals surface area contributed by atoms with E-state index in [1.807, 2.05) is 27.0 Å². The Morgan fingerprint density at radius 1 is 1.35 bits per heavy atom. The number of nitrogens with one attached hydrogen (secondary N) is 1. The number of aryl methyl sites for hydroxylation is 1. The fourth-order valence-corrected chi connectivity index (χ4v) is 2.04. The third-order valence-corrected chi connectivity index (χ3v) is 3.25. The zero-order valence-electron chi connectivity index (χ0n) is 12.1. The summed E-state index contributed by atoms with van der Waals surface area (Å²) in [4.78, 5) is 5.94. The average Bonchev–Trinajstić information content (AvgIpc) is 2.83. The molecule has 0 saturated heterocycles. The van der Waals surface area contributed by atoms with Crippen LogP contribution in [0.1, 0.15) is 23.8 Å². The second-order valence-corrected chi connectivity index (χ2v) is 4.75. The molecule has 0 spiro atoms. The molecular weight excluding hydrogens is 257 g/mol. The molecule has 0 aliphatic heterocycles. The SMILES string of the molecule is CCNCc1ccnc(N(C)Cc2ccoc2C)c1F. The summed E-state index contributed by atoms with van der Waals surface area (Å²) in [7, 11) is 1.83. The zero-order chi connectivity index (χ0) is 14.5. The van der Waals surface area contributed by atoms with E-state index in [4.69, 9.17) is 4.42 Å². The number of aromatic nitrogens is 1. The summed E-state index contributed by atoms with van der Waals surface area (Å²) in [5, 5.41) is 3.12. The van der Waals surface area contributed by atoms with E-state index in [1.165, 1.54) is 0 Å². The lowest BCUT2D eigenvalue weighted by atomic mass is 10.2. The first-order chi connectivity index (χ1) is 9.63. The van der Waals surface area contributed by atoms with E-state index in [9.17, 15) is 4.39 Å². The van der Waals surface area contributed by atoms with E-state index in [-0.39, 0.29) is 5.82 Å². The molecule has 20 heavy (non-hydrogen) atoms. The molecule has 0 aromatic carbocycles. The third kappa shape index (κ3) is 3.17. The van der Waals surface area contributed by atoms with Gasteiger partial charge in [-0.3, -0.25) is 0 Å². The Hall–Kier alpha value is -1.88. The Morgan fingerprint density at radius 2 is 2.15 bits per heavy atom. The summed E-state index contributed by atoms with van der Waals surface area (Å²) in [6.45, 7) is 5.77. The number of rotatable bonds is 6. The molecule has 0 atom stereocenters. The number of anilines is 1. The zero-order valence-corrected chi connectivity index (χ0v) is 12.1. The predicted octanol–water partition coefficient (Wildman–Crippen LogP) is 2.87. The van der Waals surface area contributed by atoms with Gasteiger partial charge in [-0.1, -0.05) is 6.92 Å². The maximum absolute atomic E-state index is 14.4. The number of pyridine rings is 1. The highest BCUT2D eigenvalue weighted by Gasteiger charge is 2.14. The van der Waals surface area contributed by atoms with Gasteiger partial charge in [0.25, 0.3) is 0 Å². The minimum atomic E-state index is -0.267. The molecule has 0 saturated carbocycles. The molecule has 108 valence electrons. The summed E-state index contributed by atoms with van der Waals surface area (Å²) < 4.78 is 19.7. The summed E-state index contributed by atoms with van der Waals surface area (Å²) in [6.07, 6.45) is 3.29. The smallest absolute Gasteiger partial charge is 0.170 e. The van der Waals surface area contributed by atoms with Gasteiger partial charge in [-0.15, -0.1) is 0 Å². The highest BCUT2D eigenvalue weighted by Crippen LogP contribution is 2.21. The van der Waals surface area contributed by atoms with Crippen LogP contribution in [0, 0.1) is 12.7 Å². The molecule has 2 heterocycles. The van der Waals surface area contributed by atoms with E-state index in [2.05, 4.69) is 10.3 Å². The number of hydrogen-bond acceptors (Lipinski definition) is 4. The van der Waals surface area contributed by atoms with Crippen LogP contribution in [-0.2, 0) is 13.1 Å². The molecule has 4 nitrogen and oxygen atoms in total. The van der Waals surface area contributed by atoms with Gasteiger partial charge in [0, 0.05) is 37.5 Å². The molecule has 0 aliphatic carbocycles. The van der Waals surface area contributed by atoms with Gasteiger partial charge in [-0.05, 0) is 25.6 Å². The van der Waals surface area contributed by atoms with Gasteiger partial charge in [0.15, 0.2) is 11.6 Å². The van der Waals surface area contributed by atoms with Crippen LogP contribution in [0.3, 0.4) is 0 Å². The quantitative estimate of drug-likeness (QED) is 0.881. The van der Waals surface area contributed by atoms with Crippen molar-refractivity contribution in [1.29, 1.82) is 0 Å². The summed E-state index contributed by atoms with van der Waals surface area (Å²) in [5.41, 5.74) is 1.67. The minimum Gasteiger partial charge on any atom is -0.469 e. The fraction of sp³-hybridized carbons (Fsp3) is 0.400. The Labute approximate surface area is 118 Å². The fourth-order valence-electron chi connectivity index (χ4n) is 2.04. The number of halogens is 1. The van der Waals surface area contributed by atoms with E-state index in [0.29, 0.717) is 24.5 Å². The number of hydrogen-bond donors (Lipinski definition) is 1. The molecule has 0 unspecified atom stereocenters. The van der Waals surface area contributed by atoms with Gasteiger partial charge in [-0.25, -0.2) is 9.37 Å². The monoisotopic (exact) mass is 277 g/mol. The van der Waals surface area contributed by atoms with Gasteiger partial charge in [0.2, 0.25) is 0 Å². The largest absolute Gasteiger partial charge is 0.469 e. The average molecular weight is 277 g/mol. The standard InChI is InChI=1S/C15H20FN3O/c1-4-17-9-12-5-7-18-15(14(12)16)19(3)10-13-6-8-20-11(13)2/h5-8,17H,4,9-10H2,1-3H3. The van der Waals surface area contributed by atoms with Crippen LogP contribution in [0.2, 0.25) is 0 Å². The lowest BCUT2D eigenvalue weighted by Crippen LogP contribution is -2.21. The van der Waals surface area contributed by atoms with Crippen LogP contribution >= 0.6 is 0 Å². The predicted molar refractivity (Wildman–Crippen MR) is 77.1 cm³/mol. The molecule has 1 N–H and O–H groups in total. The van der Waals surface area contributed by atoms with Crippen LogP contribution in [0.5, 0.6) is 0 Å². The Kier molecular flexibility index (Phi) is 4.74. The topological polar surface area (TPSA) is 41.3 Å². The number of nitrogens with zero attached hydrogens (tertiary/aromatic N) is 2. The molecule has 0 aliphatic rings. The van der Waals surface area contributed by atoms with Crippen molar-refractivity contribution in [2.24, 2.45) is 0 Å². The van der Waals surface area contributed by atoms with Gasteiger partial charge in [0.1, 0.15) is 5.76 Å². The molecular formula is C15H20FN3O. The first-order valence-corrected chi connectivity index (χ1v) is 6.71. The Balaban J connectivity index is 2.17. The molecule has 2 rings (SSSR count). The molecule has 2 aromatic rings. The molecule has 2 aromatic heterocycles. The van der Waals surface area contributed by atoms with Gasteiger partial charge in [-0.2, -0.15) is 0 Å². The summed E-state index contributed by atoms with van der Waals surface area (Å²) in [5.74, 6) is 0.944. The van der Waals surface area contributed by atoms with Crippen molar-refractivity contribution in [2.45, 2.75) is 26.9 Å². The van der Waals surface area contributed by atoms with Crippen molar-refractivity contribution in [3.63, 3.8) is 0 Å². The second-order valence-electron chi connectivity index (χ2n) is 4.75. The summed E-state index contributed by atoms with van der Waals surface area (Å²) in [6, 6.07) is 3.60. The van der Waals surface area contributed by atoms with Gasteiger partial charge in [0.05, 0.1) is 6.26 Å². The molecule has 5 heteroatoms. The normalized spacial score (nSPS) is 10.8. The molecule has 0 radical (unpaired) electrons. The van der Waals surface area contributed by atoms with E-state index < -0.39 is 0 Å². The van der Waals surface area contributed by atoms with Crippen LogP contribution in [0.25, 0.3) is 0 Å². The minimum absolute atomic E-state index is 0.267. The van der Waals surface area contributed by atoms with Crippen LogP contribution < -0.4 is 10.2 Å². The van der Waals surface area contributed by atoms with Crippen LogP contribution in [0.4, 0.5) is 10.2 Å². The van der Waals surface area contributed by atoms with E-state index >= 15 is 0 Å². The first kappa shape index (κ1) is 14.5. The molecule has 0 bridgehead atoms. The third-order valence-electron chi connectivity index (χ3n) is 3.25. The van der Waals surface area contributed by atoms with E-state index in [1.54, 1.807) is 23.4 Å². The lowest BCUT2D eigenvalue weighted by molar-refractivity contribution is 0.529.